The van der Waals surface area contributed by atoms with Gasteiger partial charge in [-0.2, -0.15) is 4.91 Å². The molecule has 1 heterocycles. The van der Waals surface area contributed by atoms with E-state index in [1.807, 2.05) is 0 Å². The van der Waals surface area contributed by atoms with Crippen LogP contribution in [0.15, 0.2) is 5.18 Å². The number of aliphatic hydroxyl groups is 1. The Bertz CT molecular complexity index is 176. The van der Waals surface area contributed by atoms with E-state index < -0.39 is 0 Å². The number of aliphatic hydroxyl groups excluding tert-OH is 1. The Balaban J connectivity index is 2.49. The first-order valence-corrected chi connectivity index (χ1v) is 5.50. The van der Waals surface area contributed by atoms with Crippen molar-refractivity contribution in [2.75, 3.05) is 19.7 Å². The minimum absolute atomic E-state index is 0.0344. The second-order valence-corrected chi connectivity index (χ2v) is 3.95. The molecule has 2 unspecified atom stereocenters. The maximum atomic E-state index is 10.6. The molecule has 0 bridgehead atoms. The molecule has 0 radical (unpaired) electrons. The molecular weight excluding hydrogens is 180 g/mol. The number of piperidine rings is 1. The molecule has 1 aliphatic rings. The molecule has 14 heavy (non-hydrogen) atoms. The monoisotopic (exact) mass is 200 g/mol. The third-order valence-electron chi connectivity index (χ3n) is 2.98. The maximum absolute atomic E-state index is 10.6. The molecule has 0 aliphatic carbocycles. The molecule has 0 aromatic carbocycles. The van der Waals surface area contributed by atoms with Gasteiger partial charge in [0.1, 0.15) is 6.04 Å². The van der Waals surface area contributed by atoms with Gasteiger partial charge in [-0.1, -0.05) is 18.5 Å². The van der Waals surface area contributed by atoms with Gasteiger partial charge < -0.3 is 5.11 Å². The summed E-state index contributed by atoms with van der Waals surface area (Å²) in [6.45, 7) is 4.18. The van der Waals surface area contributed by atoms with Crippen LogP contribution in [0, 0.1) is 4.91 Å². The highest BCUT2D eigenvalue weighted by atomic mass is 16.3. The second kappa shape index (κ2) is 6.09. The summed E-state index contributed by atoms with van der Waals surface area (Å²) in [6.07, 6.45) is 4.13. The van der Waals surface area contributed by atoms with Crippen molar-refractivity contribution in [3.63, 3.8) is 0 Å². The number of hydrogen-bond donors (Lipinski definition) is 1. The lowest BCUT2D eigenvalue weighted by molar-refractivity contribution is 0.0741. The number of nitrogens with zero attached hydrogens (tertiary/aromatic N) is 2. The third-order valence-corrected chi connectivity index (χ3v) is 2.98. The van der Waals surface area contributed by atoms with E-state index in [2.05, 4.69) is 17.0 Å². The number of hydrogen-bond acceptors (Lipinski definition) is 4. The van der Waals surface area contributed by atoms with Crippen LogP contribution in [0.2, 0.25) is 0 Å². The summed E-state index contributed by atoms with van der Waals surface area (Å²) in [5.74, 6) is 0. The number of nitroso groups, excluding NO2 is 1. The summed E-state index contributed by atoms with van der Waals surface area (Å²) in [5, 5.41) is 12.3. The van der Waals surface area contributed by atoms with E-state index in [1.165, 1.54) is 0 Å². The first-order chi connectivity index (χ1) is 6.83. The fraction of sp³-hybridized carbons (Fsp3) is 1.00. The lowest BCUT2D eigenvalue weighted by Crippen LogP contribution is -2.49. The maximum Gasteiger partial charge on any atom is 0.110 e. The summed E-state index contributed by atoms with van der Waals surface area (Å²) in [7, 11) is 0. The molecule has 1 rings (SSSR count). The zero-order valence-electron chi connectivity index (χ0n) is 8.85. The smallest absolute Gasteiger partial charge is 0.110 e. The Morgan fingerprint density at radius 2 is 2.36 bits per heavy atom. The largest absolute Gasteiger partial charge is 0.395 e. The van der Waals surface area contributed by atoms with Gasteiger partial charge in [-0.3, -0.25) is 4.90 Å². The number of likely N-dealkylation sites (tertiary alicyclic amines) is 1. The lowest BCUT2D eigenvalue weighted by Gasteiger charge is -2.37. The van der Waals surface area contributed by atoms with Crippen molar-refractivity contribution in [3.05, 3.63) is 4.91 Å². The van der Waals surface area contributed by atoms with Gasteiger partial charge >= 0.3 is 0 Å². The summed E-state index contributed by atoms with van der Waals surface area (Å²) >= 11 is 0. The first-order valence-electron chi connectivity index (χ1n) is 5.50. The zero-order chi connectivity index (χ0) is 10.4. The molecule has 0 aromatic rings. The van der Waals surface area contributed by atoms with Gasteiger partial charge in [-0.25, -0.2) is 0 Å². The Kier molecular flexibility index (Phi) is 5.04. The average molecular weight is 200 g/mol. The molecule has 4 nitrogen and oxygen atoms in total. The molecular formula is C10H20N2O2. The van der Waals surface area contributed by atoms with Crippen LogP contribution in [-0.4, -0.2) is 41.8 Å². The first kappa shape index (κ1) is 11.6. The quantitative estimate of drug-likeness (QED) is 0.682. The van der Waals surface area contributed by atoms with Gasteiger partial charge in [0.05, 0.1) is 12.6 Å². The van der Waals surface area contributed by atoms with Crippen LogP contribution in [0.4, 0.5) is 0 Å². The SMILES string of the molecule is CCCCN1CCCC(N=O)C1CO. The van der Waals surface area contributed by atoms with Crippen LogP contribution in [0.1, 0.15) is 32.6 Å². The van der Waals surface area contributed by atoms with E-state index in [-0.39, 0.29) is 18.7 Å². The molecule has 0 spiro atoms. The van der Waals surface area contributed by atoms with Gasteiger partial charge in [-0.15, -0.1) is 0 Å². The predicted octanol–water partition coefficient (Wildman–Crippen LogP) is 1.38. The van der Waals surface area contributed by atoms with Gasteiger partial charge in [0, 0.05) is 0 Å². The Morgan fingerprint density at radius 1 is 1.57 bits per heavy atom. The van der Waals surface area contributed by atoms with Crippen LogP contribution in [0.3, 0.4) is 0 Å². The van der Waals surface area contributed by atoms with Crippen LogP contribution in [0.5, 0.6) is 0 Å². The van der Waals surface area contributed by atoms with E-state index in [0.29, 0.717) is 0 Å². The molecule has 1 aliphatic heterocycles. The highest BCUT2D eigenvalue weighted by molar-refractivity contribution is 4.88. The second-order valence-electron chi connectivity index (χ2n) is 3.95. The topological polar surface area (TPSA) is 52.9 Å². The fourth-order valence-corrected chi connectivity index (χ4v) is 2.10. The van der Waals surface area contributed by atoms with Crippen molar-refractivity contribution in [1.82, 2.24) is 4.90 Å². The van der Waals surface area contributed by atoms with E-state index in [9.17, 15) is 10.0 Å². The van der Waals surface area contributed by atoms with E-state index in [0.717, 1.165) is 38.8 Å². The van der Waals surface area contributed by atoms with Crippen LogP contribution >= 0.6 is 0 Å². The molecule has 0 aromatic heterocycles. The fourth-order valence-electron chi connectivity index (χ4n) is 2.10. The Labute approximate surface area is 85.3 Å². The van der Waals surface area contributed by atoms with Gasteiger partial charge in [0.2, 0.25) is 0 Å². The molecule has 0 amide bonds. The molecule has 0 saturated carbocycles. The molecule has 4 heteroatoms. The van der Waals surface area contributed by atoms with Gasteiger partial charge in [0.25, 0.3) is 0 Å². The predicted molar refractivity (Wildman–Crippen MR) is 56.2 cm³/mol. The van der Waals surface area contributed by atoms with Crippen LogP contribution in [0.25, 0.3) is 0 Å². The molecule has 2 atom stereocenters. The number of rotatable bonds is 5. The van der Waals surface area contributed by atoms with Crippen molar-refractivity contribution in [3.8, 4) is 0 Å². The minimum atomic E-state index is -0.203. The lowest BCUT2D eigenvalue weighted by atomic mass is 9.97. The van der Waals surface area contributed by atoms with E-state index >= 15 is 0 Å². The van der Waals surface area contributed by atoms with Crippen LogP contribution in [-0.2, 0) is 0 Å². The zero-order valence-corrected chi connectivity index (χ0v) is 8.85. The molecule has 82 valence electrons. The summed E-state index contributed by atoms with van der Waals surface area (Å²) in [4.78, 5) is 12.8. The highest BCUT2D eigenvalue weighted by Crippen LogP contribution is 2.20. The van der Waals surface area contributed by atoms with Crippen molar-refractivity contribution < 1.29 is 5.11 Å². The summed E-state index contributed by atoms with van der Waals surface area (Å²) in [6, 6.07) is -0.238. The van der Waals surface area contributed by atoms with Gasteiger partial charge in [0.15, 0.2) is 0 Å². The molecule has 1 N–H and O–H groups in total. The minimum Gasteiger partial charge on any atom is -0.395 e. The van der Waals surface area contributed by atoms with Crippen LogP contribution < -0.4 is 0 Å². The molecule has 1 saturated heterocycles. The van der Waals surface area contributed by atoms with E-state index in [4.69, 9.17) is 0 Å². The van der Waals surface area contributed by atoms with E-state index in [1.54, 1.807) is 0 Å². The Morgan fingerprint density at radius 3 is 2.93 bits per heavy atom. The van der Waals surface area contributed by atoms with Crippen molar-refractivity contribution in [2.45, 2.75) is 44.7 Å². The summed E-state index contributed by atoms with van der Waals surface area (Å²) in [5.41, 5.74) is 0. The van der Waals surface area contributed by atoms with Crippen molar-refractivity contribution >= 4 is 0 Å². The average Bonchev–Trinajstić information content (AvgIpc) is 2.25. The summed E-state index contributed by atoms with van der Waals surface area (Å²) < 4.78 is 0. The van der Waals surface area contributed by atoms with Crippen molar-refractivity contribution in [2.24, 2.45) is 5.18 Å². The number of unbranched alkanes of at least 4 members (excludes halogenated alkanes) is 1. The van der Waals surface area contributed by atoms with Gasteiger partial charge in [-0.05, 0) is 32.4 Å². The Hall–Kier alpha value is -0.480. The normalized spacial score (nSPS) is 29.0. The third kappa shape index (κ3) is 2.75. The van der Waals surface area contributed by atoms with Crippen molar-refractivity contribution in [1.29, 1.82) is 0 Å². The highest BCUT2D eigenvalue weighted by Gasteiger charge is 2.31. The standard InChI is InChI=1S/C10H20N2O2/c1-2-3-6-12-7-4-5-9(11-14)10(12)8-13/h9-10,13H,2-8H2,1H3. The molecule has 1 fully saturated rings.